The van der Waals surface area contributed by atoms with Crippen molar-refractivity contribution in [3.05, 3.63) is 59.3 Å². The van der Waals surface area contributed by atoms with E-state index in [9.17, 15) is 15.2 Å². The molecule has 1 saturated heterocycles. The molecule has 3 aromatic rings. The van der Waals surface area contributed by atoms with Gasteiger partial charge in [-0.25, -0.2) is 4.98 Å². The Labute approximate surface area is 227 Å². The number of amides is 1. The van der Waals surface area contributed by atoms with Crippen molar-refractivity contribution >= 4 is 29.7 Å². The van der Waals surface area contributed by atoms with Gasteiger partial charge in [0.1, 0.15) is 16.8 Å². The number of fused-ring (bicyclic) bond motifs is 1. The van der Waals surface area contributed by atoms with Gasteiger partial charge in [-0.1, -0.05) is 18.2 Å². The van der Waals surface area contributed by atoms with Crippen LogP contribution in [0.25, 0.3) is 21.0 Å². The van der Waals surface area contributed by atoms with Gasteiger partial charge in [0.15, 0.2) is 0 Å². The molecule has 7 nitrogen and oxygen atoms in total. The van der Waals surface area contributed by atoms with Crippen LogP contribution in [0.1, 0.15) is 49.4 Å². The summed E-state index contributed by atoms with van der Waals surface area (Å²) in [7, 11) is 0. The first-order chi connectivity index (χ1) is 17.4. The molecule has 1 aliphatic heterocycles. The number of nitrogens with one attached hydrogen (secondary N) is 1. The van der Waals surface area contributed by atoms with Crippen LogP contribution in [0.2, 0.25) is 0 Å². The fourth-order valence-electron chi connectivity index (χ4n) is 5.03. The predicted octanol–water partition coefficient (Wildman–Crippen LogP) is 4.73. The van der Waals surface area contributed by atoms with Crippen LogP contribution in [0, 0.1) is 11.3 Å². The maximum absolute atomic E-state index is 12.5. The highest BCUT2D eigenvalue weighted by Gasteiger charge is 2.28. The lowest BCUT2D eigenvalue weighted by molar-refractivity contribution is -0.129. The van der Waals surface area contributed by atoms with Gasteiger partial charge in [0, 0.05) is 30.9 Å². The first kappa shape index (κ1) is 27.1. The highest BCUT2D eigenvalue weighted by molar-refractivity contribution is 7.18. The largest absolute Gasteiger partial charge is 0.490 e. The lowest BCUT2D eigenvalue weighted by Gasteiger charge is -2.19. The highest BCUT2D eigenvalue weighted by atomic mass is 35.5. The molecule has 194 valence electrons. The molecule has 1 amide bonds. The van der Waals surface area contributed by atoms with Gasteiger partial charge in [-0.2, -0.15) is 5.26 Å². The van der Waals surface area contributed by atoms with Crippen LogP contribution in [-0.2, 0) is 11.2 Å². The molecule has 2 aromatic carbocycles. The van der Waals surface area contributed by atoms with Crippen molar-refractivity contribution in [2.45, 2.75) is 51.4 Å². The lowest BCUT2D eigenvalue weighted by Crippen LogP contribution is -2.38. The SMILES string of the molecule is CC(C)Oc1ccc(-c2ncc(-c3cccc4c3CC[C@@H]4NCC(=O)N3CC[C@H](O)C3)s2)cc1C#N.Cl. The van der Waals surface area contributed by atoms with Crippen LogP contribution in [0.4, 0.5) is 0 Å². The summed E-state index contributed by atoms with van der Waals surface area (Å²) in [5, 5.41) is 23.6. The summed E-state index contributed by atoms with van der Waals surface area (Å²) in [6.45, 7) is 5.23. The Morgan fingerprint density at radius 3 is 2.89 bits per heavy atom. The van der Waals surface area contributed by atoms with E-state index in [-0.39, 0.29) is 37.0 Å². The summed E-state index contributed by atoms with van der Waals surface area (Å²) in [6, 6.07) is 14.3. The van der Waals surface area contributed by atoms with E-state index >= 15 is 0 Å². The molecule has 0 saturated carbocycles. The number of aliphatic hydroxyl groups is 1. The van der Waals surface area contributed by atoms with Gasteiger partial charge < -0.3 is 20.1 Å². The lowest BCUT2D eigenvalue weighted by atomic mass is 10.0. The predicted molar refractivity (Wildman–Crippen MR) is 147 cm³/mol. The first-order valence-corrected chi connectivity index (χ1v) is 13.2. The standard InChI is InChI=1S/C28H30N4O3S.ClH/c1-17(2)35-25-9-6-18(12-19(25)13-29)28-31-14-26(36-28)23-5-3-4-22-21(23)7-8-24(22)30-15-27(34)32-11-10-20(33)16-32;/h3-6,9,12,14,17,20,24,30,33H,7-8,10-11,15-16H2,1-2H3;1H/t20-,24-;/m0./s1. The monoisotopic (exact) mass is 538 g/mol. The van der Waals surface area contributed by atoms with Crippen molar-refractivity contribution in [3.8, 4) is 32.8 Å². The van der Waals surface area contributed by atoms with Crippen molar-refractivity contribution in [2.75, 3.05) is 19.6 Å². The Morgan fingerprint density at radius 2 is 2.16 bits per heavy atom. The second-order valence-electron chi connectivity index (χ2n) is 9.65. The summed E-state index contributed by atoms with van der Waals surface area (Å²) < 4.78 is 5.75. The quantitative estimate of drug-likeness (QED) is 0.451. The van der Waals surface area contributed by atoms with E-state index < -0.39 is 6.10 Å². The van der Waals surface area contributed by atoms with Gasteiger partial charge >= 0.3 is 0 Å². The summed E-state index contributed by atoms with van der Waals surface area (Å²) in [5.41, 5.74) is 5.11. The molecule has 37 heavy (non-hydrogen) atoms. The molecule has 1 fully saturated rings. The average molecular weight is 539 g/mol. The molecular formula is C28H31ClN4O3S. The summed E-state index contributed by atoms with van der Waals surface area (Å²) >= 11 is 1.61. The third-order valence-corrected chi connectivity index (χ3v) is 7.85. The van der Waals surface area contributed by atoms with Gasteiger partial charge in [0.25, 0.3) is 0 Å². The summed E-state index contributed by atoms with van der Waals surface area (Å²) in [6.07, 6.45) is 4.04. The first-order valence-electron chi connectivity index (χ1n) is 12.4. The second kappa shape index (κ2) is 11.6. The number of rotatable bonds is 7. The topological polar surface area (TPSA) is 98.5 Å². The van der Waals surface area contributed by atoms with Crippen molar-refractivity contribution in [3.63, 3.8) is 0 Å². The Balaban J connectivity index is 0.00000320. The molecule has 5 rings (SSSR count). The number of aromatic nitrogens is 1. The number of likely N-dealkylation sites (tertiary alicyclic amines) is 1. The molecule has 1 aliphatic carbocycles. The molecule has 2 N–H and O–H groups in total. The fraction of sp³-hybridized carbons (Fsp3) is 0.393. The molecule has 2 heterocycles. The number of aliphatic hydroxyl groups excluding tert-OH is 1. The third-order valence-electron chi connectivity index (χ3n) is 6.77. The van der Waals surface area contributed by atoms with E-state index in [2.05, 4.69) is 34.6 Å². The van der Waals surface area contributed by atoms with Crippen molar-refractivity contribution in [1.29, 1.82) is 5.26 Å². The molecule has 0 bridgehead atoms. The number of carbonyl (C=O) groups is 1. The summed E-state index contributed by atoms with van der Waals surface area (Å²) in [5.74, 6) is 0.636. The maximum atomic E-state index is 12.5. The zero-order chi connectivity index (χ0) is 25.2. The average Bonchev–Trinajstić information content (AvgIpc) is 3.62. The van der Waals surface area contributed by atoms with Crippen LogP contribution >= 0.6 is 23.7 Å². The third kappa shape index (κ3) is 5.81. The number of β-amino-alcohol motifs (C(OH)–C–C–N with tert-alkyl or cyclic N) is 1. The minimum atomic E-state index is -0.397. The maximum Gasteiger partial charge on any atom is 0.236 e. The zero-order valence-electron chi connectivity index (χ0n) is 20.9. The number of thiazole rings is 1. The van der Waals surface area contributed by atoms with Crippen molar-refractivity contribution < 1.29 is 14.6 Å². The van der Waals surface area contributed by atoms with Gasteiger partial charge in [-0.3, -0.25) is 4.79 Å². The molecule has 2 aliphatic rings. The smallest absolute Gasteiger partial charge is 0.236 e. The normalized spacial score (nSPS) is 18.4. The molecule has 0 radical (unpaired) electrons. The minimum absolute atomic E-state index is 0. The number of nitriles is 1. The van der Waals surface area contributed by atoms with E-state index in [1.807, 2.05) is 38.2 Å². The number of hydrogen-bond donors (Lipinski definition) is 2. The molecule has 2 atom stereocenters. The Kier molecular flexibility index (Phi) is 8.50. The zero-order valence-corrected chi connectivity index (χ0v) is 22.6. The Morgan fingerprint density at radius 1 is 1.32 bits per heavy atom. The number of benzene rings is 2. The minimum Gasteiger partial charge on any atom is -0.490 e. The van der Waals surface area contributed by atoms with Crippen LogP contribution in [0.5, 0.6) is 5.75 Å². The molecule has 9 heteroatoms. The van der Waals surface area contributed by atoms with Gasteiger partial charge in [-0.15, -0.1) is 23.7 Å². The van der Waals surface area contributed by atoms with Gasteiger partial charge in [0.05, 0.1) is 29.2 Å². The number of halogens is 1. The van der Waals surface area contributed by atoms with Gasteiger partial charge in [-0.05, 0) is 68.0 Å². The fourth-order valence-corrected chi connectivity index (χ4v) is 5.99. The van der Waals surface area contributed by atoms with Crippen LogP contribution in [0.3, 0.4) is 0 Å². The van der Waals surface area contributed by atoms with Crippen LogP contribution in [0.15, 0.2) is 42.6 Å². The van der Waals surface area contributed by atoms with E-state index in [1.54, 1.807) is 16.2 Å². The number of nitrogens with zero attached hydrogens (tertiary/aromatic N) is 3. The number of ether oxygens (including phenoxy) is 1. The van der Waals surface area contributed by atoms with Crippen LogP contribution in [-0.4, -0.2) is 52.7 Å². The number of hydrogen-bond acceptors (Lipinski definition) is 7. The van der Waals surface area contributed by atoms with E-state index in [0.717, 1.165) is 28.3 Å². The van der Waals surface area contributed by atoms with Crippen molar-refractivity contribution in [1.82, 2.24) is 15.2 Å². The Hall–Kier alpha value is -2.96. The second-order valence-corrected chi connectivity index (χ2v) is 10.7. The van der Waals surface area contributed by atoms with Crippen LogP contribution < -0.4 is 10.1 Å². The van der Waals surface area contributed by atoms with E-state index in [1.165, 1.54) is 16.7 Å². The molecule has 0 unspecified atom stereocenters. The molecule has 0 spiro atoms. The molecule has 1 aromatic heterocycles. The number of carbonyl (C=O) groups excluding carboxylic acids is 1. The van der Waals surface area contributed by atoms with Crippen molar-refractivity contribution in [2.24, 2.45) is 0 Å². The van der Waals surface area contributed by atoms with E-state index in [4.69, 9.17) is 4.74 Å². The summed E-state index contributed by atoms with van der Waals surface area (Å²) in [4.78, 5) is 20.0. The van der Waals surface area contributed by atoms with E-state index in [0.29, 0.717) is 30.8 Å². The Bertz CT molecular complexity index is 1320. The van der Waals surface area contributed by atoms with Gasteiger partial charge in [0.2, 0.25) is 5.91 Å². The highest BCUT2D eigenvalue weighted by Crippen LogP contribution is 2.41. The molecular weight excluding hydrogens is 508 g/mol.